The van der Waals surface area contributed by atoms with Crippen LogP contribution in [0, 0.1) is 5.82 Å². The summed E-state index contributed by atoms with van der Waals surface area (Å²) >= 11 is 5.46. The number of hydrogen-bond acceptors (Lipinski definition) is 1. The van der Waals surface area contributed by atoms with Crippen molar-refractivity contribution < 1.29 is 17.6 Å². The van der Waals surface area contributed by atoms with Crippen molar-refractivity contribution in [2.45, 2.75) is 25.6 Å². The van der Waals surface area contributed by atoms with Gasteiger partial charge in [-0.2, -0.15) is 13.2 Å². The highest BCUT2D eigenvalue weighted by molar-refractivity contribution is 6.30. The van der Waals surface area contributed by atoms with E-state index in [9.17, 15) is 17.6 Å². The molecule has 0 radical (unpaired) electrons. The third kappa shape index (κ3) is 4.16. The Balaban J connectivity index is 2.82. The van der Waals surface area contributed by atoms with Gasteiger partial charge in [0.2, 0.25) is 0 Å². The lowest BCUT2D eigenvalue weighted by Crippen LogP contribution is -2.43. The van der Waals surface area contributed by atoms with Crippen LogP contribution in [0.15, 0.2) is 18.2 Å². The van der Waals surface area contributed by atoms with Gasteiger partial charge in [-0.25, -0.2) is 4.39 Å². The molecule has 0 aliphatic carbocycles. The van der Waals surface area contributed by atoms with Gasteiger partial charge in [0.25, 0.3) is 0 Å². The van der Waals surface area contributed by atoms with E-state index in [4.69, 9.17) is 11.6 Å². The Morgan fingerprint density at radius 1 is 1.35 bits per heavy atom. The molecule has 0 amide bonds. The minimum absolute atomic E-state index is 0.0965. The molecule has 96 valence electrons. The van der Waals surface area contributed by atoms with Gasteiger partial charge in [0.05, 0.1) is 5.02 Å². The molecule has 1 nitrogen and oxygen atoms in total. The third-order valence-electron chi connectivity index (χ3n) is 2.27. The Labute approximate surface area is 102 Å². The third-order valence-corrected chi connectivity index (χ3v) is 2.58. The lowest BCUT2D eigenvalue weighted by molar-refractivity contribution is -0.155. The number of alkyl halides is 3. The predicted molar refractivity (Wildman–Crippen MR) is 58.6 cm³/mol. The fourth-order valence-electron chi connectivity index (χ4n) is 1.45. The van der Waals surface area contributed by atoms with Crippen LogP contribution >= 0.6 is 11.6 Å². The second kappa shape index (κ2) is 5.69. The summed E-state index contributed by atoms with van der Waals surface area (Å²) in [6.07, 6.45) is -4.67. The van der Waals surface area contributed by atoms with E-state index in [2.05, 4.69) is 5.32 Å². The number of rotatable bonds is 4. The molecule has 1 rings (SSSR count). The molecule has 6 heteroatoms. The Hall–Kier alpha value is -0.810. The van der Waals surface area contributed by atoms with Gasteiger partial charge in [-0.1, -0.05) is 24.6 Å². The van der Waals surface area contributed by atoms with Crippen LogP contribution in [0.2, 0.25) is 5.02 Å². The molecule has 1 atom stereocenters. The summed E-state index contributed by atoms with van der Waals surface area (Å²) < 4.78 is 50.8. The summed E-state index contributed by atoms with van der Waals surface area (Å²) in [6, 6.07) is 2.00. The maximum Gasteiger partial charge on any atom is 0.404 e. The van der Waals surface area contributed by atoms with Crippen molar-refractivity contribution in [1.29, 1.82) is 0 Å². The number of hydrogen-bond donors (Lipinski definition) is 1. The Morgan fingerprint density at radius 3 is 2.47 bits per heavy atom. The highest BCUT2D eigenvalue weighted by Gasteiger charge is 2.38. The standard InChI is InChI=1S/C11H12ClF4N/c1-2-17-10(11(14,15)16)6-7-3-4-8(12)9(13)5-7/h3-5,10,17H,2,6H2,1H3. The molecule has 0 heterocycles. The summed E-state index contributed by atoms with van der Waals surface area (Å²) in [4.78, 5) is 0. The lowest BCUT2D eigenvalue weighted by Gasteiger charge is -2.21. The summed E-state index contributed by atoms with van der Waals surface area (Å²) in [5.41, 5.74) is 0.259. The fraction of sp³-hybridized carbons (Fsp3) is 0.455. The maximum atomic E-state index is 13.1. The zero-order valence-corrected chi connectivity index (χ0v) is 9.87. The van der Waals surface area contributed by atoms with E-state index in [1.165, 1.54) is 12.1 Å². The quantitative estimate of drug-likeness (QED) is 0.824. The van der Waals surface area contributed by atoms with Gasteiger partial charge in [-0.3, -0.25) is 0 Å². The zero-order chi connectivity index (χ0) is 13.1. The predicted octanol–water partition coefficient (Wildman–Crippen LogP) is 3.56. The van der Waals surface area contributed by atoms with Crippen molar-refractivity contribution in [2.24, 2.45) is 0 Å². The number of halogens is 5. The van der Waals surface area contributed by atoms with E-state index in [0.29, 0.717) is 0 Å². The molecule has 17 heavy (non-hydrogen) atoms. The molecule has 1 unspecified atom stereocenters. The molecule has 1 aromatic rings. The first-order valence-electron chi connectivity index (χ1n) is 5.08. The van der Waals surface area contributed by atoms with Crippen LogP contribution in [0.3, 0.4) is 0 Å². The molecule has 0 aromatic heterocycles. The second-order valence-corrected chi connectivity index (χ2v) is 4.01. The average molecular weight is 270 g/mol. The summed E-state index contributed by atoms with van der Waals surface area (Å²) in [5, 5.41) is 2.23. The van der Waals surface area contributed by atoms with Gasteiger partial charge in [-0.05, 0) is 30.7 Å². The van der Waals surface area contributed by atoms with E-state index in [-0.39, 0.29) is 23.6 Å². The van der Waals surface area contributed by atoms with Gasteiger partial charge in [-0.15, -0.1) is 0 Å². The first-order valence-corrected chi connectivity index (χ1v) is 5.46. The molecular weight excluding hydrogens is 258 g/mol. The molecule has 0 aliphatic heterocycles. The van der Waals surface area contributed by atoms with Crippen LogP contribution in [-0.2, 0) is 6.42 Å². The summed E-state index contributed by atoms with van der Waals surface area (Å²) in [5.74, 6) is -0.707. The van der Waals surface area contributed by atoms with Gasteiger partial charge in [0.15, 0.2) is 0 Å². The van der Waals surface area contributed by atoms with Crippen LogP contribution in [0.1, 0.15) is 12.5 Å². The molecule has 0 bridgehead atoms. The molecule has 0 saturated carbocycles. The average Bonchev–Trinajstić information content (AvgIpc) is 2.21. The van der Waals surface area contributed by atoms with E-state index >= 15 is 0 Å². The van der Waals surface area contributed by atoms with Crippen molar-refractivity contribution in [3.05, 3.63) is 34.6 Å². The van der Waals surface area contributed by atoms with Crippen LogP contribution in [-0.4, -0.2) is 18.8 Å². The van der Waals surface area contributed by atoms with Crippen molar-refractivity contribution >= 4 is 11.6 Å². The largest absolute Gasteiger partial charge is 0.404 e. The lowest BCUT2D eigenvalue weighted by atomic mass is 10.1. The van der Waals surface area contributed by atoms with Crippen molar-refractivity contribution in [3.63, 3.8) is 0 Å². The molecule has 1 N–H and O–H groups in total. The van der Waals surface area contributed by atoms with Gasteiger partial charge in [0, 0.05) is 0 Å². The first kappa shape index (κ1) is 14.3. The van der Waals surface area contributed by atoms with Crippen LogP contribution < -0.4 is 5.32 Å². The van der Waals surface area contributed by atoms with E-state index in [0.717, 1.165) is 6.07 Å². The topological polar surface area (TPSA) is 12.0 Å². The van der Waals surface area contributed by atoms with E-state index in [1.54, 1.807) is 6.92 Å². The first-order chi connectivity index (χ1) is 7.84. The molecule has 0 aliphatic rings. The Morgan fingerprint density at radius 2 is 2.00 bits per heavy atom. The van der Waals surface area contributed by atoms with E-state index < -0.39 is 18.0 Å². The number of likely N-dealkylation sites (N-methyl/N-ethyl adjacent to an activating group) is 1. The van der Waals surface area contributed by atoms with Gasteiger partial charge in [0.1, 0.15) is 11.9 Å². The number of benzene rings is 1. The van der Waals surface area contributed by atoms with Crippen LogP contribution in [0.4, 0.5) is 17.6 Å². The summed E-state index contributed by atoms with van der Waals surface area (Å²) in [7, 11) is 0. The highest BCUT2D eigenvalue weighted by Crippen LogP contribution is 2.24. The van der Waals surface area contributed by atoms with Crippen LogP contribution in [0.25, 0.3) is 0 Å². The van der Waals surface area contributed by atoms with Gasteiger partial charge < -0.3 is 5.32 Å². The molecule has 0 saturated heterocycles. The number of nitrogens with one attached hydrogen (secondary N) is 1. The fourth-order valence-corrected chi connectivity index (χ4v) is 1.57. The molecule has 1 aromatic carbocycles. The smallest absolute Gasteiger partial charge is 0.306 e. The SMILES string of the molecule is CCNC(Cc1ccc(Cl)c(F)c1)C(F)(F)F. The molecule has 0 spiro atoms. The maximum absolute atomic E-state index is 13.1. The Bertz CT molecular complexity index is 378. The van der Waals surface area contributed by atoms with Crippen LogP contribution in [0.5, 0.6) is 0 Å². The van der Waals surface area contributed by atoms with Gasteiger partial charge >= 0.3 is 6.18 Å². The zero-order valence-electron chi connectivity index (χ0n) is 9.11. The summed E-state index contributed by atoms with van der Waals surface area (Å²) in [6.45, 7) is 1.78. The second-order valence-electron chi connectivity index (χ2n) is 3.60. The van der Waals surface area contributed by atoms with Crippen molar-refractivity contribution in [1.82, 2.24) is 5.32 Å². The highest BCUT2D eigenvalue weighted by atomic mass is 35.5. The van der Waals surface area contributed by atoms with E-state index in [1.807, 2.05) is 0 Å². The minimum atomic E-state index is -4.36. The minimum Gasteiger partial charge on any atom is -0.306 e. The normalized spacial score (nSPS) is 13.8. The van der Waals surface area contributed by atoms with Crippen molar-refractivity contribution in [2.75, 3.05) is 6.54 Å². The molecule has 0 fully saturated rings. The Kier molecular flexibility index (Phi) is 4.77. The van der Waals surface area contributed by atoms with Crippen molar-refractivity contribution in [3.8, 4) is 0 Å². The monoisotopic (exact) mass is 269 g/mol. The molecular formula is C11H12ClF4N.